The highest BCUT2D eigenvalue weighted by molar-refractivity contribution is 7.15. The van der Waals surface area contributed by atoms with Crippen LogP contribution in [0, 0.1) is 6.92 Å². The van der Waals surface area contributed by atoms with Crippen LogP contribution in [0.2, 0.25) is 0 Å². The molecule has 5 heteroatoms. The predicted octanol–water partition coefficient (Wildman–Crippen LogP) is 2.18. The number of thiazole rings is 1. The number of nitrogens with zero attached hydrogens (tertiary/aromatic N) is 2. The number of piperidine rings is 1. The van der Waals surface area contributed by atoms with Crippen LogP contribution >= 0.6 is 11.3 Å². The molecule has 0 unspecified atom stereocenters. The van der Waals surface area contributed by atoms with Crippen molar-refractivity contribution in [1.82, 2.24) is 10.3 Å². The average molecular weight is 269 g/mol. The van der Waals surface area contributed by atoms with Crippen LogP contribution in [0.3, 0.4) is 0 Å². The molecule has 1 fully saturated rings. The van der Waals surface area contributed by atoms with Gasteiger partial charge in [0.15, 0.2) is 5.13 Å². The van der Waals surface area contributed by atoms with Gasteiger partial charge in [-0.25, -0.2) is 4.98 Å². The summed E-state index contributed by atoms with van der Waals surface area (Å²) in [4.78, 5) is 8.49. The lowest BCUT2D eigenvalue weighted by Crippen LogP contribution is -2.29. The minimum Gasteiger partial charge on any atom is -0.383 e. The third kappa shape index (κ3) is 3.67. The Morgan fingerprint density at radius 1 is 1.33 bits per heavy atom. The van der Waals surface area contributed by atoms with Gasteiger partial charge in [0.05, 0.1) is 12.3 Å². The van der Waals surface area contributed by atoms with E-state index < -0.39 is 0 Å². The van der Waals surface area contributed by atoms with E-state index in [4.69, 9.17) is 9.72 Å². The van der Waals surface area contributed by atoms with Crippen molar-refractivity contribution in [3.05, 3.63) is 10.6 Å². The molecule has 1 aliphatic rings. The number of aromatic nitrogens is 1. The molecule has 0 atom stereocenters. The second-order valence-corrected chi connectivity index (χ2v) is 5.78. The van der Waals surface area contributed by atoms with Gasteiger partial charge in [-0.1, -0.05) is 0 Å². The molecule has 0 bridgehead atoms. The number of methoxy groups -OCH3 is 1. The number of ether oxygens (including phenoxy) is 1. The maximum absolute atomic E-state index is 5.03. The van der Waals surface area contributed by atoms with Crippen molar-refractivity contribution >= 4 is 16.5 Å². The Morgan fingerprint density at radius 2 is 2.11 bits per heavy atom. The van der Waals surface area contributed by atoms with Crippen molar-refractivity contribution in [1.29, 1.82) is 0 Å². The molecule has 0 amide bonds. The quantitative estimate of drug-likeness (QED) is 0.803. The highest BCUT2D eigenvalue weighted by Crippen LogP contribution is 2.28. The number of hydrogen-bond donors (Lipinski definition) is 1. The molecule has 1 aromatic rings. The number of anilines is 1. The van der Waals surface area contributed by atoms with Gasteiger partial charge in [0.1, 0.15) is 0 Å². The van der Waals surface area contributed by atoms with Crippen molar-refractivity contribution in [2.24, 2.45) is 0 Å². The molecule has 0 aromatic carbocycles. The van der Waals surface area contributed by atoms with Crippen LogP contribution in [-0.4, -0.2) is 38.3 Å². The zero-order valence-electron chi connectivity index (χ0n) is 11.4. The predicted molar refractivity (Wildman–Crippen MR) is 76.5 cm³/mol. The fourth-order valence-electron chi connectivity index (χ4n) is 2.17. The number of aryl methyl sites for hydroxylation is 1. The Balaban J connectivity index is 1.89. The van der Waals surface area contributed by atoms with Crippen molar-refractivity contribution in [2.45, 2.75) is 32.7 Å². The van der Waals surface area contributed by atoms with Crippen LogP contribution in [0.1, 0.15) is 29.8 Å². The monoisotopic (exact) mass is 269 g/mol. The molecule has 4 nitrogen and oxygen atoms in total. The van der Waals surface area contributed by atoms with Crippen molar-refractivity contribution in [3.8, 4) is 0 Å². The molecule has 1 N–H and O–H groups in total. The number of nitrogens with one attached hydrogen (secondary N) is 1. The average Bonchev–Trinajstić information content (AvgIpc) is 2.77. The van der Waals surface area contributed by atoms with Gasteiger partial charge < -0.3 is 15.0 Å². The first-order valence-electron chi connectivity index (χ1n) is 6.72. The van der Waals surface area contributed by atoms with Crippen molar-refractivity contribution in [3.63, 3.8) is 0 Å². The Bertz CT molecular complexity index is 361. The molecular weight excluding hydrogens is 246 g/mol. The van der Waals surface area contributed by atoms with Crippen LogP contribution in [0.15, 0.2) is 0 Å². The van der Waals surface area contributed by atoms with E-state index in [1.165, 1.54) is 48.1 Å². The van der Waals surface area contributed by atoms with Gasteiger partial charge in [-0.05, 0) is 26.2 Å². The summed E-state index contributed by atoms with van der Waals surface area (Å²) in [5, 5.41) is 4.59. The molecule has 102 valence electrons. The van der Waals surface area contributed by atoms with Crippen LogP contribution in [-0.2, 0) is 11.3 Å². The topological polar surface area (TPSA) is 37.4 Å². The summed E-state index contributed by atoms with van der Waals surface area (Å²) in [6.45, 7) is 7.01. The molecule has 0 saturated carbocycles. The largest absolute Gasteiger partial charge is 0.383 e. The second kappa shape index (κ2) is 7.07. The Hall–Kier alpha value is -0.650. The molecular formula is C13H23N3OS. The van der Waals surface area contributed by atoms with Gasteiger partial charge in [0.2, 0.25) is 0 Å². The third-order valence-electron chi connectivity index (χ3n) is 3.28. The normalized spacial score (nSPS) is 16.2. The molecule has 2 heterocycles. The molecule has 1 aromatic heterocycles. The van der Waals surface area contributed by atoms with E-state index in [0.29, 0.717) is 0 Å². The lowest BCUT2D eigenvalue weighted by Gasteiger charge is -2.25. The summed E-state index contributed by atoms with van der Waals surface area (Å²) in [6.07, 6.45) is 3.98. The summed E-state index contributed by atoms with van der Waals surface area (Å²) < 4.78 is 5.03. The molecule has 1 saturated heterocycles. The standard InChI is InChI=1S/C13H23N3OS/c1-11-12(10-14-6-9-17-2)18-13(15-11)16-7-4-3-5-8-16/h14H,3-10H2,1-2H3. The van der Waals surface area contributed by atoms with E-state index in [-0.39, 0.29) is 0 Å². The van der Waals surface area contributed by atoms with E-state index in [1.54, 1.807) is 7.11 Å². The lowest BCUT2D eigenvalue weighted by molar-refractivity contribution is 0.199. The zero-order chi connectivity index (χ0) is 12.8. The minimum atomic E-state index is 0.761. The Labute approximate surface area is 113 Å². The molecule has 0 spiro atoms. The SMILES string of the molecule is COCCNCc1sc(N2CCCCC2)nc1C. The number of hydrogen-bond acceptors (Lipinski definition) is 5. The molecule has 0 radical (unpaired) electrons. The van der Waals surface area contributed by atoms with E-state index in [2.05, 4.69) is 17.1 Å². The van der Waals surface area contributed by atoms with Crippen LogP contribution in [0.25, 0.3) is 0 Å². The first-order valence-corrected chi connectivity index (χ1v) is 7.54. The smallest absolute Gasteiger partial charge is 0.185 e. The lowest BCUT2D eigenvalue weighted by atomic mass is 10.1. The Morgan fingerprint density at radius 3 is 2.83 bits per heavy atom. The van der Waals surface area contributed by atoms with Gasteiger partial charge in [-0.2, -0.15) is 0 Å². The van der Waals surface area contributed by atoms with E-state index in [0.717, 1.165) is 19.7 Å². The number of rotatable bonds is 6. The van der Waals surface area contributed by atoms with Crippen LogP contribution < -0.4 is 10.2 Å². The van der Waals surface area contributed by atoms with Gasteiger partial charge >= 0.3 is 0 Å². The van der Waals surface area contributed by atoms with Gasteiger partial charge in [-0.3, -0.25) is 0 Å². The summed E-state index contributed by atoms with van der Waals surface area (Å²) >= 11 is 1.84. The summed E-state index contributed by atoms with van der Waals surface area (Å²) in [7, 11) is 1.73. The van der Waals surface area contributed by atoms with Gasteiger partial charge in [-0.15, -0.1) is 11.3 Å². The van der Waals surface area contributed by atoms with Crippen LogP contribution in [0.4, 0.5) is 5.13 Å². The zero-order valence-corrected chi connectivity index (χ0v) is 12.2. The summed E-state index contributed by atoms with van der Waals surface area (Å²) in [5.41, 5.74) is 1.17. The van der Waals surface area contributed by atoms with Crippen molar-refractivity contribution < 1.29 is 4.74 Å². The van der Waals surface area contributed by atoms with Gasteiger partial charge in [0, 0.05) is 38.2 Å². The van der Waals surface area contributed by atoms with E-state index in [1.807, 2.05) is 11.3 Å². The van der Waals surface area contributed by atoms with Gasteiger partial charge in [0.25, 0.3) is 0 Å². The third-order valence-corrected chi connectivity index (χ3v) is 4.49. The first kappa shape index (κ1) is 13.8. The second-order valence-electron chi connectivity index (χ2n) is 4.72. The molecule has 2 rings (SSSR count). The fourth-order valence-corrected chi connectivity index (χ4v) is 3.26. The van der Waals surface area contributed by atoms with Crippen LogP contribution in [0.5, 0.6) is 0 Å². The summed E-state index contributed by atoms with van der Waals surface area (Å²) in [5.74, 6) is 0. The van der Waals surface area contributed by atoms with E-state index in [9.17, 15) is 0 Å². The fraction of sp³-hybridized carbons (Fsp3) is 0.769. The molecule has 1 aliphatic heterocycles. The minimum absolute atomic E-state index is 0.761. The molecule has 18 heavy (non-hydrogen) atoms. The highest BCUT2D eigenvalue weighted by Gasteiger charge is 2.16. The van der Waals surface area contributed by atoms with E-state index >= 15 is 0 Å². The molecule has 0 aliphatic carbocycles. The summed E-state index contributed by atoms with van der Waals surface area (Å²) in [6, 6.07) is 0. The highest BCUT2D eigenvalue weighted by atomic mass is 32.1. The maximum atomic E-state index is 5.03. The van der Waals surface area contributed by atoms with Crippen molar-refractivity contribution in [2.75, 3.05) is 38.3 Å². The first-order chi connectivity index (χ1) is 8.81. The Kier molecular flexibility index (Phi) is 5.41. The maximum Gasteiger partial charge on any atom is 0.185 e.